The summed E-state index contributed by atoms with van der Waals surface area (Å²) < 4.78 is 9.75. The van der Waals surface area contributed by atoms with Crippen molar-refractivity contribution in [3.63, 3.8) is 0 Å². The van der Waals surface area contributed by atoms with Gasteiger partial charge in [-0.2, -0.15) is 0 Å². The summed E-state index contributed by atoms with van der Waals surface area (Å²) in [5.74, 6) is 6.53. The van der Waals surface area contributed by atoms with Gasteiger partial charge in [-0.05, 0) is 49.4 Å². The second-order valence-electron chi connectivity index (χ2n) is 4.51. The molecule has 0 fully saturated rings. The van der Waals surface area contributed by atoms with Crippen LogP contribution < -0.4 is 0 Å². The molecule has 0 radical (unpaired) electrons. The minimum absolute atomic E-state index is 0.306. The third-order valence-corrected chi connectivity index (χ3v) is 3.00. The molecule has 0 unspecified atom stereocenters. The Kier molecular flexibility index (Phi) is 5.72. The van der Waals surface area contributed by atoms with E-state index in [1.165, 1.54) is 18.4 Å². The van der Waals surface area contributed by atoms with Gasteiger partial charge >= 0.3 is 0 Å². The summed E-state index contributed by atoms with van der Waals surface area (Å²) in [6.45, 7) is 2.50. The van der Waals surface area contributed by atoms with Gasteiger partial charge in [0.25, 0.3) is 0 Å². The predicted molar refractivity (Wildman–Crippen MR) is 81.3 cm³/mol. The Labute approximate surface area is 124 Å². The Bertz CT molecular complexity index is 593. The highest BCUT2D eigenvalue weighted by molar-refractivity contribution is 7.75. The van der Waals surface area contributed by atoms with Crippen molar-refractivity contribution in [2.75, 3.05) is 0 Å². The number of unbranched alkanes of at least 4 members (excludes halogenated alkanes) is 1. The van der Waals surface area contributed by atoms with Crippen LogP contribution in [-0.2, 0) is 17.2 Å². The summed E-state index contributed by atoms with van der Waals surface area (Å²) in [5.41, 5.74) is 3.00. The van der Waals surface area contributed by atoms with Crippen molar-refractivity contribution >= 4 is 12.9 Å². The van der Waals surface area contributed by atoms with Crippen LogP contribution in [0.3, 0.4) is 0 Å². The third-order valence-electron chi connectivity index (χ3n) is 2.87. The monoisotopic (exact) mass is 287 g/mol. The molecule has 0 saturated carbocycles. The number of aromatic nitrogens is 1. The van der Waals surface area contributed by atoms with E-state index in [4.69, 9.17) is 4.52 Å². The van der Waals surface area contributed by atoms with Gasteiger partial charge in [-0.1, -0.05) is 36.6 Å². The lowest BCUT2D eigenvalue weighted by atomic mass is 10.1. The Morgan fingerprint density at radius 3 is 2.75 bits per heavy atom. The first-order valence-corrected chi connectivity index (χ1v) is 7.01. The first-order chi connectivity index (χ1) is 9.81. The maximum Gasteiger partial charge on any atom is 0.210 e. The van der Waals surface area contributed by atoms with E-state index in [0.717, 1.165) is 12.0 Å². The zero-order chi connectivity index (χ0) is 14.2. The first kappa shape index (κ1) is 14.7. The molecule has 3 nitrogen and oxygen atoms in total. The van der Waals surface area contributed by atoms with Gasteiger partial charge in [-0.25, -0.2) is 0 Å². The summed E-state index contributed by atoms with van der Waals surface area (Å²) in [6.07, 6.45) is 3.56. The number of nitrogens with zero attached hydrogens (tertiary/aromatic N) is 1. The highest BCUT2D eigenvalue weighted by Gasteiger charge is 2.00. The molecule has 1 aromatic carbocycles. The molecule has 0 aliphatic heterocycles. The Hall–Kier alpha value is -1.70. The van der Waals surface area contributed by atoms with Crippen molar-refractivity contribution in [1.82, 2.24) is 5.16 Å². The fourth-order valence-electron chi connectivity index (χ4n) is 1.77. The zero-order valence-electron chi connectivity index (χ0n) is 11.4. The molecule has 20 heavy (non-hydrogen) atoms. The van der Waals surface area contributed by atoms with Crippen molar-refractivity contribution in [1.29, 1.82) is 0 Å². The Balaban J connectivity index is 2.00. The molecule has 0 N–H and O–H groups in total. The maximum absolute atomic E-state index is 5.08. The van der Waals surface area contributed by atoms with Crippen molar-refractivity contribution in [3.05, 3.63) is 52.9 Å². The molecule has 2 aromatic rings. The molecule has 0 amide bonds. The molecular formula is C16H17NO2S. The SMILES string of the molecule is CCCCc1ccc(C#Cc2cc(COS)no2)cc1. The van der Waals surface area contributed by atoms with Gasteiger partial charge in [-0.3, -0.25) is 0 Å². The van der Waals surface area contributed by atoms with Crippen LogP contribution in [0.2, 0.25) is 0 Å². The number of hydrogen-bond acceptors (Lipinski definition) is 4. The summed E-state index contributed by atoms with van der Waals surface area (Å²) >= 11 is 3.67. The Morgan fingerprint density at radius 1 is 1.25 bits per heavy atom. The fourth-order valence-corrected chi connectivity index (χ4v) is 1.91. The molecular weight excluding hydrogens is 270 g/mol. The molecule has 0 bridgehead atoms. The molecule has 2 rings (SSSR count). The van der Waals surface area contributed by atoms with Gasteiger partial charge in [0.05, 0.1) is 0 Å². The van der Waals surface area contributed by atoms with Gasteiger partial charge in [0.15, 0.2) is 0 Å². The maximum atomic E-state index is 5.08. The first-order valence-electron chi connectivity index (χ1n) is 6.64. The lowest BCUT2D eigenvalue weighted by Crippen LogP contribution is -1.84. The number of aryl methyl sites for hydroxylation is 1. The highest BCUT2D eigenvalue weighted by Crippen LogP contribution is 2.08. The van der Waals surface area contributed by atoms with E-state index in [1.807, 2.05) is 12.1 Å². The third kappa shape index (κ3) is 4.44. The van der Waals surface area contributed by atoms with Crippen molar-refractivity contribution in [2.45, 2.75) is 32.8 Å². The average Bonchev–Trinajstić information content (AvgIpc) is 2.92. The number of thiol groups is 1. The van der Waals surface area contributed by atoms with Gasteiger partial charge in [0, 0.05) is 11.6 Å². The van der Waals surface area contributed by atoms with E-state index in [2.05, 4.69) is 53.1 Å². The lowest BCUT2D eigenvalue weighted by Gasteiger charge is -1.98. The van der Waals surface area contributed by atoms with Crippen LogP contribution in [-0.4, -0.2) is 5.16 Å². The van der Waals surface area contributed by atoms with Gasteiger partial charge in [0.2, 0.25) is 5.76 Å². The van der Waals surface area contributed by atoms with Crippen LogP contribution in [0.1, 0.15) is 42.3 Å². The van der Waals surface area contributed by atoms with E-state index in [1.54, 1.807) is 6.07 Å². The molecule has 104 valence electrons. The largest absolute Gasteiger partial charge is 0.347 e. The summed E-state index contributed by atoms with van der Waals surface area (Å²) in [6, 6.07) is 10.1. The summed E-state index contributed by atoms with van der Waals surface area (Å²) in [7, 11) is 0. The minimum atomic E-state index is 0.306. The van der Waals surface area contributed by atoms with Gasteiger partial charge in [-0.15, -0.1) is 0 Å². The second-order valence-corrected chi connectivity index (χ2v) is 4.76. The molecule has 0 saturated heterocycles. The predicted octanol–water partition coefficient (Wildman–Crippen LogP) is 3.78. The molecule has 0 atom stereocenters. The van der Waals surface area contributed by atoms with E-state index >= 15 is 0 Å². The van der Waals surface area contributed by atoms with Crippen LogP contribution in [0.15, 0.2) is 34.9 Å². The standard InChI is InChI=1S/C16H17NO2S/c1-2-3-4-13-5-7-14(8-6-13)9-10-16-11-15(12-18-20)17-19-16/h5-8,11,20H,2-4,12H2,1H3. The normalized spacial score (nSPS) is 10.1. The quantitative estimate of drug-likeness (QED) is 0.516. The minimum Gasteiger partial charge on any atom is -0.347 e. The second kappa shape index (κ2) is 7.78. The van der Waals surface area contributed by atoms with E-state index in [9.17, 15) is 0 Å². The van der Waals surface area contributed by atoms with Crippen molar-refractivity contribution in [2.24, 2.45) is 0 Å². The molecule has 1 heterocycles. The summed E-state index contributed by atoms with van der Waals surface area (Å²) in [4.78, 5) is 0. The Morgan fingerprint density at radius 2 is 2.05 bits per heavy atom. The van der Waals surface area contributed by atoms with Crippen LogP contribution in [0.5, 0.6) is 0 Å². The van der Waals surface area contributed by atoms with E-state index in [0.29, 0.717) is 18.1 Å². The van der Waals surface area contributed by atoms with Crippen LogP contribution in [0, 0.1) is 11.8 Å². The number of benzene rings is 1. The van der Waals surface area contributed by atoms with Crippen LogP contribution >= 0.6 is 12.9 Å². The van der Waals surface area contributed by atoms with E-state index in [-0.39, 0.29) is 0 Å². The average molecular weight is 287 g/mol. The highest BCUT2D eigenvalue weighted by atomic mass is 32.1. The van der Waals surface area contributed by atoms with Gasteiger partial charge < -0.3 is 8.71 Å². The van der Waals surface area contributed by atoms with Crippen LogP contribution in [0.4, 0.5) is 0 Å². The van der Waals surface area contributed by atoms with Crippen LogP contribution in [0.25, 0.3) is 0 Å². The molecule has 0 spiro atoms. The molecule has 0 aliphatic carbocycles. The summed E-state index contributed by atoms with van der Waals surface area (Å²) in [5, 5.41) is 3.81. The van der Waals surface area contributed by atoms with Crippen molar-refractivity contribution in [3.8, 4) is 11.8 Å². The zero-order valence-corrected chi connectivity index (χ0v) is 12.3. The fraction of sp³-hybridized carbons (Fsp3) is 0.312. The van der Waals surface area contributed by atoms with Crippen molar-refractivity contribution < 1.29 is 8.71 Å². The number of rotatable bonds is 5. The van der Waals surface area contributed by atoms with E-state index < -0.39 is 0 Å². The lowest BCUT2D eigenvalue weighted by molar-refractivity contribution is 0.338. The number of hydrogen-bond donors (Lipinski definition) is 1. The topological polar surface area (TPSA) is 35.3 Å². The smallest absolute Gasteiger partial charge is 0.210 e. The molecule has 0 aliphatic rings. The molecule has 1 aromatic heterocycles. The molecule has 4 heteroatoms. The van der Waals surface area contributed by atoms with Gasteiger partial charge in [0.1, 0.15) is 12.3 Å².